The fraction of sp³-hybridized carbons (Fsp3) is 0.440. The summed E-state index contributed by atoms with van der Waals surface area (Å²) in [5, 5.41) is 6.23. The minimum absolute atomic E-state index is 0.0121. The van der Waals surface area contributed by atoms with Crippen LogP contribution in [0.25, 0.3) is 0 Å². The predicted octanol–water partition coefficient (Wildman–Crippen LogP) is 4.17. The summed E-state index contributed by atoms with van der Waals surface area (Å²) in [7, 11) is 0. The summed E-state index contributed by atoms with van der Waals surface area (Å²) in [4.78, 5) is 27.5. The molecule has 1 heterocycles. The van der Waals surface area contributed by atoms with E-state index in [4.69, 9.17) is 0 Å². The summed E-state index contributed by atoms with van der Waals surface area (Å²) in [5.74, 6) is 0.441. The molecule has 0 bridgehead atoms. The molecule has 30 heavy (non-hydrogen) atoms. The van der Waals surface area contributed by atoms with Crippen LogP contribution in [0.15, 0.2) is 48.5 Å². The Kier molecular flexibility index (Phi) is 7.50. The van der Waals surface area contributed by atoms with Crippen LogP contribution in [0, 0.1) is 12.8 Å². The average molecular weight is 408 g/mol. The smallest absolute Gasteiger partial charge is 0.253 e. The molecule has 0 spiro atoms. The van der Waals surface area contributed by atoms with Crippen molar-refractivity contribution in [3.63, 3.8) is 0 Å². The number of nitrogens with one attached hydrogen (secondary N) is 2. The number of para-hydroxylation sites is 1. The number of piperidine rings is 1. The van der Waals surface area contributed by atoms with Gasteiger partial charge >= 0.3 is 0 Å². The van der Waals surface area contributed by atoms with Crippen molar-refractivity contribution in [2.45, 2.75) is 46.1 Å². The first-order valence-electron chi connectivity index (χ1n) is 11.0. The monoisotopic (exact) mass is 407 g/mol. The van der Waals surface area contributed by atoms with E-state index >= 15 is 0 Å². The van der Waals surface area contributed by atoms with Crippen LogP contribution in [0.4, 0.5) is 5.69 Å². The third-order valence-corrected chi connectivity index (χ3v) is 5.91. The summed E-state index contributed by atoms with van der Waals surface area (Å²) >= 11 is 0. The largest absolute Gasteiger partial charge is 0.371 e. The second-order valence-electron chi connectivity index (χ2n) is 8.34. The quantitative estimate of drug-likeness (QED) is 0.724. The van der Waals surface area contributed by atoms with E-state index in [9.17, 15) is 9.59 Å². The molecule has 0 aliphatic carbocycles. The molecular formula is C25H33N3O2. The standard InChI is InChI=1S/C25H33N3O2/c1-4-18(2)17-26-25(30)22-10-5-6-11-23(22)28-14-12-21(13-15-28)27-24(29)20-9-7-8-19(3)16-20/h5-11,16,18,21H,4,12-15,17H2,1-3H3,(H,26,30)(H,27,29)/t18-/m1/s1. The Balaban J connectivity index is 1.58. The van der Waals surface area contributed by atoms with Gasteiger partial charge in [0.15, 0.2) is 0 Å². The van der Waals surface area contributed by atoms with Gasteiger partial charge in [-0.3, -0.25) is 9.59 Å². The van der Waals surface area contributed by atoms with Gasteiger partial charge in [0, 0.05) is 36.9 Å². The highest BCUT2D eigenvalue weighted by Crippen LogP contribution is 2.24. The molecule has 5 heteroatoms. The second kappa shape index (κ2) is 10.3. The first kappa shape index (κ1) is 21.9. The summed E-state index contributed by atoms with van der Waals surface area (Å²) in [6.07, 6.45) is 2.77. The fourth-order valence-corrected chi connectivity index (χ4v) is 3.77. The number of rotatable bonds is 7. The summed E-state index contributed by atoms with van der Waals surface area (Å²) < 4.78 is 0. The van der Waals surface area contributed by atoms with E-state index in [1.807, 2.05) is 55.5 Å². The molecule has 0 radical (unpaired) electrons. The van der Waals surface area contributed by atoms with E-state index in [1.54, 1.807) is 0 Å². The Morgan fingerprint density at radius 3 is 2.50 bits per heavy atom. The molecule has 1 fully saturated rings. The van der Waals surface area contributed by atoms with Gasteiger partial charge in [-0.2, -0.15) is 0 Å². The highest BCUT2D eigenvalue weighted by molar-refractivity contribution is 5.99. The van der Waals surface area contributed by atoms with Crippen molar-refractivity contribution < 1.29 is 9.59 Å². The molecule has 1 atom stereocenters. The van der Waals surface area contributed by atoms with Crippen molar-refractivity contribution in [1.29, 1.82) is 0 Å². The Morgan fingerprint density at radius 2 is 1.80 bits per heavy atom. The van der Waals surface area contributed by atoms with E-state index < -0.39 is 0 Å². The van der Waals surface area contributed by atoms with E-state index in [-0.39, 0.29) is 17.9 Å². The summed E-state index contributed by atoms with van der Waals surface area (Å²) in [6.45, 7) is 8.58. The van der Waals surface area contributed by atoms with Gasteiger partial charge in [-0.15, -0.1) is 0 Å². The molecule has 0 unspecified atom stereocenters. The SMILES string of the molecule is CC[C@@H](C)CNC(=O)c1ccccc1N1CCC(NC(=O)c2cccc(C)c2)CC1. The number of nitrogens with zero attached hydrogens (tertiary/aromatic N) is 1. The lowest BCUT2D eigenvalue weighted by atomic mass is 10.0. The molecule has 160 valence electrons. The second-order valence-corrected chi connectivity index (χ2v) is 8.34. The molecule has 0 saturated carbocycles. The van der Waals surface area contributed by atoms with Crippen molar-refractivity contribution in [3.8, 4) is 0 Å². The average Bonchev–Trinajstić information content (AvgIpc) is 2.77. The third kappa shape index (κ3) is 5.62. The zero-order chi connectivity index (χ0) is 21.5. The summed E-state index contributed by atoms with van der Waals surface area (Å²) in [5.41, 5.74) is 3.49. The van der Waals surface area contributed by atoms with Gasteiger partial charge in [0.1, 0.15) is 0 Å². The van der Waals surface area contributed by atoms with Crippen LogP contribution in [0.2, 0.25) is 0 Å². The Hall–Kier alpha value is -2.82. The zero-order valence-corrected chi connectivity index (χ0v) is 18.3. The predicted molar refractivity (Wildman–Crippen MR) is 122 cm³/mol. The molecule has 2 N–H and O–H groups in total. The molecular weight excluding hydrogens is 374 g/mol. The number of benzene rings is 2. The van der Waals surface area contributed by atoms with Gasteiger partial charge < -0.3 is 15.5 Å². The Labute approximate surface area is 179 Å². The molecule has 2 aromatic rings. The van der Waals surface area contributed by atoms with Crippen LogP contribution in [0.5, 0.6) is 0 Å². The van der Waals surface area contributed by atoms with Crippen LogP contribution in [-0.2, 0) is 0 Å². The molecule has 5 nitrogen and oxygen atoms in total. The van der Waals surface area contributed by atoms with E-state index in [2.05, 4.69) is 29.4 Å². The summed E-state index contributed by atoms with van der Waals surface area (Å²) in [6, 6.07) is 15.6. The van der Waals surface area contributed by atoms with Gasteiger partial charge in [0.2, 0.25) is 0 Å². The molecule has 1 aliphatic heterocycles. The normalized spacial score (nSPS) is 15.5. The van der Waals surface area contributed by atoms with Gasteiger partial charge in [-0.1, -0.05) is 50.1 Å². The van der Waals surface area contributed by atoms with Gasteiger partial charge in [0.05, 0.1) is 5.56 Å². The van der Waals surface area contributed by atoms with Crippen molar-refractivity contribution in [2.75, 3.05) is 24.5 Å². The molecule has 2 aromatic carbocycles. The Bertz CT molecular complexity index is 872. The maximum absolute atomic E-state index is 12.7. The Morgan fingerprint density at radius 1 is 1.07 bits per heavy atom. The number of anilines is 1. The molecule has 3 rings (SSSR count). The number of carbonyl (C=O) groups is 2. The van der Waals surface area contributed by atoms with Crippen LogP contribution < -0.4 is 15.5 Å². The van der Waals surface area contributed by atoms with Crippen LogP contribution in [-0.4, -0.2) is 37.5 Å². The van der Waals surface area contributed by atoms with Gasteiger partial charge in [-0.25, -0.2) is 0 Å². The van der Waals surface area contributed by atoms with E-state index in [0.29, 0.717) is 18.0 Å². The number of hydrogen-bond acceptors (Lipinski definition) is 3. The van der Waals surface area contributed by atoms with Crippen LogP contribution in [0.1, 0.15) is 59.4 Å². The lowest BCUT2D eigenvalue weighted by Gasteiger charge is -2.35. The van der Waals surface area contributed by atoms with Crippen molar-refractivity contribution in [2.24, 2.45) is 5.92 Å². The number of aryl methyl sites for hydroxylation is 1. The molecule has 0 aromatic heterocycles. The van der Waals surface area contributed by atoms with Crippen molar-refractivity contribution in [1.82, 2.24) is 10.6 Å². The maximum atomic E-state index is 12.7. The lowest BCUT2D eigenvalue weighted by Crippen LogP contribution is -2.45. The topological polar surface area (TPSA) is 61.4 Å². The molecule has 1 aliphatic rings. The first-order chi connectivity index (χ1) is 14.5. The molecule has 2 amide bonds. The number of hydrogen-bond donors (Lipinski definition) is 2. The third-order valence-electron chi connectivity index (χ3n) is 5.91. The highest BCUT2D eigenvalue weighted by atomic mass is 16.2. The van der Waals surface area contributed by atoms with Crippen molar-refractivity contribution in [3.05, 3.63) is 65.2 Å². The molecule has 1 saturated heterocycles. The van der Waals surface area contributed by atoms with Crippen LogP contribution in [0.3, 0.4) is 0 Å². The minimum atomic E-state index is -0.0132. The zero-order valence-electron chi connectivity index (χ0n) is 18.3. The lowest BCUT2D eigenvalue weighted by molar-refractivity contribution is 0.0929. The highest BCUT2D eigenvalue weighted by Gasteiger charge is 2.24. The van der Waals surface area contributed by atoms with E-state index in [1.165, 1.54) is 0 Å². The fourth-order valence-electron chi connectivity index (χ4n) is 3.77. The minimum Gasteiger partial charge on any atom is -0.371 e. The van der Waals surface area contributed by atoms with Crippen LogP contribution >= 0.6 is 0 Å². The maximum Gasteiger partial charge on any atom is 0.253 e. The van der Waals surface area contributed by atoms with Gasteiger partial charge in [0.25, 0.3) is 11.8 Å². The van der Waals surface area contributed by atoms with Gasteiger partial charge in [-0.05, 0) is 49.9 Å². The van der Waals surface area contributed by atoms with Crippen molar-refractivity contribution >= 4 is 17.5 Å². The van der Waals surface area contributed by atoms with E-state index in [0.717, 1.165) is 49.2 Å². The number of amides is 2. The number of carbonyl (C=O) groups excluding carboxylic acids is 2. The first-order valence-corrected chi connectivity index (χ1v) is 11.0.